The highest BCUT2D eigenvalue weighted by Gasteiger charge is 2.29. The van der Waals surface area contributed by atoms with Crippen LogP contribution in [-0.4, -0.2) is 62.5 Å². The molecule has 0 saturated carbocycles. The van der Waals surface area contributed by atoms with Crippen molar-refractivity contribution in [2.45, 2.75) is 12.8 Å². The molecule has 6 nitrogen and oxygen atoms in total. The number of quaternary nitrogens is 1. The quantitative estimate of drug-likeness (QED) is 0.752. The number of piperidine rings is 1. The highest BCUT2D eigenvalue weighted by Crippen LogP contribution is 2.18. The first-order valence-corrected chi connectivity index (χ1v) is 8.94. The molecular weight excluding hydrogens is 323 g/mol. The number of rotatable bonds is 4. The summed E-state index contributed by atoms with van der Waals surface area (Å²) in [7, 11) is 0. The summed E-state index contributed by atoms with van der Waals surface area (Å²) in [6, 6.07) is 6.82. The number of nitrogens with one attached hydrogen (secondary N) is 1. The van der Waals surface area contributed by atoms with Gasteiger partial charge >= 0.3 is 0 Å². The summed E-state index contributed by atoms with van der Waals surface area (Å²) >= 11 is 0. The highest BCUT2D eigenvalue weighted by molar-refractivity contribution is 5.79. The maximum Gasteiger partial charge on any atom is 0.277 e. The van der Waals surface area contributed by atoms with Gasteiger partial charge in [0.15, 0.2) is 6.54 Å². The largest absolute Gasteiger partial charge is 0.369 e. The van der Waals surface area contributed by atoms with Gasteiger partial charge in [0.2, 0.25) is 5.91 Å². The van der Waals surface area contributed by atoms with E-state index in [2.05, 4.69) is 0 Å². The van der Waals surface area contributed by atoms with Crippen molar-refractivity contribution in [3.63, 3.8) is 0 Å². The fraction of sp³-hybridized carbons (Fsp3) is 0.556. The molecule has 0 aromatic heterocycles. The summed E-state index contributed by atoms with van der Waals surface area (Å²) in [5, 5.41) is 0. The summed E-state index contributed by atoms with van der Waals surface area (Å²) in [6.07, 6.45) is 1.33. The number of nitrogens with two attached hydrogens (primary N) is 1. The Morgan fingerprint density at radius 3 is 2.36 bits per heavy atom. The molecular formula is C18H26FN4O2+. The zero-order valence-corrected chi connectivity index (χ0v) is 14.4. The van der Waals surface area contributed by atoms with Gasteiger partial charge in [0.1, 0.15) is 5.82 Å². The first kappa shape index (κ1) is 17.7. The topological polar surface area (TPSA) is 71.1 Å². The van der Waals surface area contributed by atoms with E-state index in [-0.39, 0.29) is 23.5 Å². The lowest BCUT2D eigenvalue weighted by Crippen LogP contribution is -3.16. The summed E-state index contributed by atoms with van der Waals surface area (Å²) < 4.78 is 13.9. The van der Waals surface area contributed by atoms with Gasteiger partial charge in [-0.05, 0) is 25.0 Å². The Labute approximate surface area is 147 Å². The van der Waals surface area contributed by atoms with Crippen LogP contribution in [0.5, 0.6) is 0 Å². The van der Waals surface area contributed by atoms with Gasteiger partial charge in [0.25, 0.3) is 5.91 Å². The van der Waals surface area contributed by atoms with Crippen LogP contribution in [0.15, 0.2) is 24.3 Å². The average molecular weight is 349 g/mol. The molecule has 2 aliphatic heterocycles. The molecule has 1 aromatic carbocycles. The zero-order valence-electron chi connectivity index (χ0n) is 14.4. The van der Waals surface area contributed by atoms with Crippen molar-refractivity contribution < 1.29 is 18.9 Å². The van der Waals surface area contributed by atoms with Gasteiger partial charge < -0.3 is 20.4 Å². The van der Waals surface area contributed by atoms with E-state index in [0.717, 1.165) is 26.2 Å². The predicted molar refractivity (Wildman–Crippen MR) is 92.7 cm³/mol. The number of nitrogens with zero attached hydrogens (tertiary/aromatic N) is 2. The average Bonchev–Trinajstić information content (AvgIpc) is 2.63. The standard InChI is InChI=1S/C18H25FN4O2/c19-15-3-1-2-4-16(15)22-11-9-21(10-12-22)13-17(24)23-7-5-14(6-8-23)18(20)25/h1-4,14H,5-13H2,(H2,20,25)/p+1. The lowest BCUT2D eigenvalue weighted by atomic mass is 9.96. The zero-order chi connectivity index (χ0) is 17.8. The fourth-order valence-corrected chi connectivity index (χ4v) is 3.69. The first-order chi connectivity index (χ1) is 12.0. The number of amides is 2. The summed E-state index contributed by atoms with van der Waals surface area (Å²) in [6.45, 7) is 4.81. The van der Waals surface area contributed by atoms with E-state index in [4.69, 9.17) is 5.73 Å². The Kier molecular flexibility index (Phi) is 5.53. The molecule has 0 unspecified atom stereocenters. The second-order valence-electron chi connectivity index (χ2n) is 6.92. The number of primary amides is 1. The Hall–Kier alpha value is -2.15. The minimum absolute atomic E-state index is 0.0966. The fourth-order valence-electron chi connectivity index (χ4n) is 3.69. The van der Waals surface area contributed by atoms with Crippen molar-refractivity contribution in [3.8, 4) is 0 Å². The molecule has 2 amide bonds. The van der Waals surface area contributed by atoms with Gasteiger partial charge in [-0.1, -0.05) is 12.1 Å². The van der Waals surface area contributed by atoms with Crippen LogP contribution in [0.4, 0.5) is 10.1 Å². The van der Waals surface area contributed by atoms with Crippen molar-refractivity contribution >= 4 is 17.5 Å². The second kappa shape index (κ2) is 7.82. The van der Waals surface area contributed by atoms with E-state index in [0.29, 0.717) is 38.2 Å². The van der Waals surface area contributed by atoms with Gasteiger partial charge in [0.05, 0.1) is 31.9 Å². The van der Waals surface area contributed by atoms with Crippen molar-refractivity contribution in [3.05, 3.63) is 30.1 Å². The number of hydrogen-bond acceptors (Lipinski definition) is 3. The third-order valence-electron chi connectivity index (χ3n) is 5.31. The van der Waals surface area contributed by atoms with Crippen LogP contribution in [0.25, 0.3) is 0 Å². The van der Waals surface area contributed by atoms with Crippen molar-refractivity contribution in [2.24, 2.45) is 11.7 Å². The minimum atomic E-state index is -0.262. The smallest absolute Gasteiger partial charge is 0.277 e. The summed E-state index contributed by atoms with van der Waals surface area (Å²) in [5.41, 5.74) is 5.97. The second-order valence-corrected chi connectivity index (χ2v) is 6.92. The molecule has 2 heterocycles. The van der Waals surface area contributed by atoms with Crippen LogP contribution in [0.1, 0.15) is 12.8 Å². The number of benzene rings is 1. The van der Waals surface area contributed by atoms with Crippen LogP contribution in [0.2, 0.25) is 0 Å². The van der Waals surface area contributed by atoms with Gasteiger partial charge in [-0.3, -0.25) is 9.59 Å². The highest BCUT2D eigenvalue weighted by atomic mass is 19.1. The Balaban J connectivity index is 1.45. The molecule has 0 aliphatic carbocycles. The molecule has 3 N–H and O–H groups in total. The molecule has 2 saturated heterocycles. The third-order valence-corrected chi connectivity index (χ3v) is 5.31. The molecule has 7 heteroatoms. The molecule has 0 spiro atoms. The molecule has 2 aliphatic rings. The van der Waals surface area contributed by atoms with Crippen LogP contribution in [0, 0.1) is 11.7 Å². The number of piperazine rings is 1. The summed E-state index contributed by atoms with van der Waals surface area (Å²) in [5.74, 6) is -0.417. The Morgan fingerprint density at radius 2 is 1.76 bits per heavy atom. The maximum atomic E-state index is 13.9. The molecule has 1 aromatic rings. The Bertz CT molecular complexity index is 623. The number of para-hydroxylation sites is 1. The van der Waals surface area contributed by atoms with Crippen LogP contribution >= 0.6 is 0 Å². The molecule has 25 heavy (non-hydrogen) atoms. The lowest BCUT2D eigenvalue weighted by Gasteiger charge is -2.35. The number of hydrogen-bond donors (Lipinski definition) is 2. The maximum absolute atomic E-state index is 13.9. The number of carbonyl (C=O) groups is 2. The van der Waals surface area contributed by atoms with Gasteiger partial charge in [-0.2, -0.15) is 0 Å². The van der Waals surface area contributed by atoms with Crippen molar-refractivity contribution in [2.75, 3.05) is 50.7 Å². The van der Waals surface area contributed by atoms with E-state index in [1.807, 2.05) is 15.9 Å². The normalized spacial score (nSPS) is 19.9. The molecule has 0 radical (unpaired) electrons. The van der Waals surface area contributed by atoms with Gasteiger partial charge in [-0.25, -0.2) is 4.39 Å². The van der Waals surface area contributed by atoms with Crippen molar-refractivity contribution in [1.29, 1.82) is 0 Å². The molecule has 2 fully saturated rings. The third kappa shape index (κ3) is 4.28. The van der Waals surface area contributed by atoms with Crippen LogP contribution in [0.3, 0.4) is 0 Å². The first-order valence-electron chi connectivity index (χ1n) is 8.94. The van der Waals surface area contributed by atoms with E-state index in [1.54, 1.807) is 12.1 Å². The predicted octanol–water partition coefficient (Wildman–Crippen LogP) is -0.745. The Morgan fingerprint density at radius 1 is 1.12 bits per heavy atom. The van der Waals surface area contributed by atoms with E-state index in [1.165, 1.54) is 11.0 Å². The molecule has 0 atom stereocenters. The minimum Gasteiger partial charge on any atom is -0.369 e. The summed E-state index contributed by atoms with van der Waals surface area (Å²) in [4.78, 5) is 28.8. The van der Waals surface area contributed by atoms with E-state index in [9.17, 15) is 14.0 Å². The number of carbonyl (C=O) groups excluding carboxylic acids is 2. The SMILES string of the molecule is NC(=O)C1CCN(C(=O)C[NH+]2CCN(c3ccccc3F)CC2)CC1. The number of halogens is 1. The van der Waals surface area contributed by atoms with Gasteiger partial charge in [0, 0.05) is 19.0 Å². The molecule has 3 rings (SSSR count). The number of likely N-dealkylation sites (tertiary alicyclic amines) is 1. The van der Waals surface area contributed by atoms with Crippen LogP contribution in [-0.2, 0) is 9.59 Å². The van der Waals surface area contributed by atoms with E-state index < -0.39 is 0 Å². The lowest BCUT2D eigenvalue weighted by molar-refractivity contribution is -0.892. The van der Waals surface area contributed by atoms with E-state index >= 15 is 0 Å². The molecule has 136 valence electrons. The van der Waals surface area contributed by atoms with Crippen LogP contribution < -0.4 is 15.5 Å². The number of anilines is 1. The van der Waals surface area contributed by atoms with Gasteiger partial charge in [-0.15, -0.1) is 0 Å². The monoisotopic (exact) mass is 349 g/mol. The van der Waals surface area contributed by atoms with Crippen molar-refractivity contribution in [1.82, 2.24) is 4.90 Å². The molecule has 0 bridgehead atoms.